The Hall–Kier alpha value is -1.60. The van der Waals surface area contributed by atoms with Crippen molar-refractivity contribution in [2.24, 2.45) is 0 Å². The molecule has 0 aliphatic heterocycles. The Kier molecular flexibility index (Phi) is 26.3. The van der Waals surface area contributed by atoms with E-state index in [-0.39, 0.29) is 19.2 Å². The fourth-order valence-electron chi connectivity index (χ4n) is 2.17. The molecule has 0 N–H and O–H groups in total. The summed E-state index contributed by atoms with van der Waals surface area (Å²) < 4.78 is 47.2. The third-order valence-corrected chi connectivity index (χ3v) is 3.82. The van der Waals surface area contributed by atoms with Crippen LogP contribution in [0.4, 0.5) is 0 Å². The van der Waals surface area contributed by atoms with E-state index in [2.05, 4.69) is 6.58 Å². The predicted octanol–water partition coefficient (Wildman–Crippen LogP) is 1.18. The first-order valence-corrected chi connectivity index (χ1v) is 11.7. The molecule has 0 unspecified atom stereocenters. The molecule has 0 amide bonds. The zero-order chi connectivity index (χ0) is 25.0. The monoisotopic (exact) mass is 494 g/mol. The average molecular weight is 495 g/mol. The van der Waals surface area contributed by atoms with E-state index in [9.17, 15) is 9.59 Å². The van der Waals surface area contributed by atoms with E-state index in [4.69, 9.17) is 42.6 Å². The Labute approximate surface area is 202 Å². The van der Waals surface area contributed by atoms with Crippen molar-refractivity contribution in [2.45, 2.75) is 19.8 Å². The van der Waals surface area contributed by atoms with E-state index in [0.29, 0.717) is 98.9 Å². The highest BCUT2D eigenvalue weighted by atomic mass is 16.6. The molecule has 0 atom stereocenters. The lowest BCUT2D eigenvalue weighted by atomic mass is 10.3. The maximum absolute atomic E-state index is 11.1. The Balaban J connectivity index is 3.07. The molecule has 34 heavy (non-hydrogen) atoms. The molecule has 0 aromatic heterocycles. The molecule has 0 aromatic carbocycles. The number of hydrogen-bond donors (Lipinski definition) is 0. The van der Waals surface area contributed by atoms with Crippen LogP contribution in [0.1, 0.15) is 19.8 Å². The van der Waals surface area contributed by atoms with Gasteiger partial charge in [-0.25, -0.2) is 4.79 Å². The fourth-order valence-corrected chi connectivity index (χ4v) is 2.17. The molecule has 200 valence electrons. The lowest BCUT2D eigenvalue weighted by Gasteiger charge is -2.08. The molecule has 0 aliphatic rings. The summed E-state index contributed by atoms with van der Waals surface area (Å²) in [5.74, 6) is -0.652. The van der Waals surface area contributed by atoms with Crippen molar-refractivity contribution in [3.05, 3.63) is 12.7 Å². The van der Waals surface area contributed by atoms with Gasteiger partial charge in [0.1, 0.15) is 13.2 Å². The van der Waals surface area contributed by atoms with Crippen molar-refractivity contribution >= 4 is 11.9 Å². The maximum atomic E-state index is 11.1. The zero-order valence-electron chi connectivity index (χ0n) is 20.5. The smallest absolute Gasteiger partial charge is 0.330 e. The SMILES string of the molecule is C=CC(=O)OCCOCCOCCOCCOCCOCCOCCOCCOC(=O)CCC. The number of hydrogen-bond acceptors (Lipinski definition) is 11. The molecule has 0 fully saturated rings. The largest absolute Gasteiger partial charge is 0.463 e. The van der Waals surface area contributed by atoms with Gasteiger partial charge in [0.05, 0.1) is 92.5 Å². The molecular weight excluding hydrogens is 452 g/mol. The predicted molar refractivity (Wildman–Crippen MR) is 123 cm³/mol. The van der Waals surface area contributed by atoms with Gasteiger partial charge in [0, 0.05) is 12.5 Å². The average Bonchev–Trinajstić information content (AvgIpc) is 2.84. The summed E-state index contributed by atoms with van der Waals surface area (Å²) in [6, 6.07) is 0. The number of ether oxygens (including phenoxy) is 9. The quantitative estimate of drug-likeness (QED) is 0.0930. The van der Waals surface area contributed by atoms with E-state index in [1.54, 1.807) is 0 Å². The molecule has 0 radical (unpaired) electrons. The molecule has 0 saturated heterocycles. The van der Waals surface area contributed by atoms with Gasteiger partial charge in [-0.2, -0.15) is 0 Å². The van der Waals surface area contributed by atoms with Crippen LogP contribution in [-0.4, -0.2) is 118 Å². The molecule has 0 aliphatic carbocycles. The highest BCUT2D eigenvalue weighted by Gasteiger charge is 2.00. The molecule has 11 heteroatoms. The van der Waals surface area contributed by atoms with Crippen LogP contribution >= 0.6 is 0 Å². The van der Waals surface area contributed by atoms with Gasteiger partial charge in [0.2, 0.25) is 0 Å². The van der Waals surface area contributed by atoms with Crippen molar-refractivity contribution < 1.29 is 52.2 Å². The van der Waals surface area contributed by atoms with Crippen LogP contribution in [0.5, 0.6) is 0 Å². The normalized spacial score (nSPS) is 10.9. The van der Waals surface area contributed by atoms with Crippen LogP contribution in [0.3, 0.4) is 0 Å². The highest BCUT2D eigenvalue weighted by Crippen LogP contribution is 1.91. The van der Waals surface area contributed by atoms with Gasteiger partial charge in [-0.1, -0.05) is 13.5 Å². The minimum Gasteiger partial charge on any atom is -0.463 e. The summed E-state index contributed by atoms with van der Waals surface area (Å²) in [5, 5.41) is 0. The molecule has 0 aromatic rings. The zero-order valence-corrected chi connectivity index (χ0v) is 20.5. The van der Waals surface area contributed by atoms with Crippen LogP contribution < -0.4 is 0 Å². The van der Waals surface area contributed by atoms with Gasteiger partial charge in [-0.05, 0) is 6.42 Å². The summed E-state index contributed by atoms with van der Waals surface area (Å²) in [5.41, 5.74) is 0. The van der Waals surface area contributed by atoms with Crippen LogP contribution in [0.2, 0.25) is 0 Å². The first kappa shape index (κ1) is 32.4. The van der Waals surface area contributed by atoms with Crippen molar-refractivity contribution in [3.63, 3.8) is 0 Å². The molecule has 0 saturated carbocycles. The van der Waals surface area contributed by atoms with Crippen molar-refractivity contribution in [1.82, 2.24) is 0 Å². The molecule has 11 nitrogen and oxygen atoms in total. The lowest BCUT2D eigenvalue weighted by molar-refractivity contribution is -0.145. The van der Waals surface area contributed by atoms with E-state index in [1.807, 2.05) is 6.92 Å². The maximum Gasteiger partial charge on any atom is 0.330 e. The van der Waals surface area contributed by atoms with Gasteiger partial charge < -0.3 is 42.6 Å². The Morgan fingerprint density at radius 2 is 0.824 bits per heavy atom. The first-order valence-electron chi connectivity index (χ1n) is 11.7. The van der Waals surface area contributed by atoms with Crippen molar-refractivity contribution in [3.8, 4) is 0 Å². The number of rotatable bonds is 27. The van der Waals surface area contributed by atoms with Gasteiger partial charge in [0.15, 0.2) is 0 Å². The minimum absolute atomic E-state index is 0.192. The topological polar surface area (TPSA) is 117 Å². The van der Waals surface area contributed by atoms with Gasteiger partial charge in [0.25, 0.3) is 0 Å². The van der Waals surface area contributed by atoms with E-state index >= 15 is 0 Å². The third kappa shape index (κ3) is 26.7. The fraction of sp³-hybridized carbons (Fsp3) is 0.826. The third-order valence-electron chi connectivity index (χ3n) is 3.82. The number of esters is 2. The summed E-state index contributed by atoms with van der Waals surface area (Å²) in [7, 11) is 0. The highest BCUT2D eigenvalue weighted by molar-refractivity contribution is 5.81. The Morgan fingerprint density at radius 3 is 1.12 bits per heavy atom. The number of carbonyl (C=O) groups excluding carboxylic acids is 2. The molecular formula is C23H42O11. The van der Waals surface area contributed by atoms with E-state index in [0.717, 1.165) is 12.5 Å². The van der Waals surface area contributed by atoms with Gasteiger partial charge in [-0.3, -0.25) is 4.79 Å². The summed E-state index contributed by atoms with van der Waals surface area (Å²) >= 11 is 0. The van der Waals surface area contributed by atoms with Crippen LogP contribution in [0, 0.1) is 0 Å². The molecule has 0 rings (SSSR count). The van der Waals surface area contributed by atoms with Crippen LogP contribution in [0.25, 0.3) is 0 Å². The second-order valence-corrected chi connectivity index (χ2v) is 6.63. The van der Waals surface area contributed by atoms with Gasteiger partial charge >= 0.3 is 11.9 Å². The van der Waals surface area contributed by atoms with E-state index in [1.165, 1.54) is 0 Å². The summed E-state index contributed by atoms with van der Waals surface area (Å²) in [6.07, 6.45) is 2.33. The van der Waals surface area contributed by atoms with Crippen molar-refractivity contribution in [2.75, 3.05) is 106 Å². The molecule has 0 bridgehead atoms. The molecule has 0 spiro atoms. The van der Waals surface area contributed by atoms with Crippen LogP contribution in [-0.2, 0) is 52.2 Å². The van der Waals surface area contributed by atoms with Crippen LogP contribution in [0.15, 0.2) is 12.7 Å². The van der Waals surface area contributed by atoms with E-state index < -0.39 is 5.97 Å². The van der Waals surface area contributed by atoms with Gasteiger partial charge in [-0.15, -0.1) is 0 Å². The van der Waals surface area contributed by atoms with Crippen molar-refractivity contribution in [1.29, 1.82) is 0 Å². The Morgan fingerprint density at radius 1 is 0.529 bits per heavy atom. The minimum atomic E-state index is -0.460. The summed E-state index contributed by atoms with van der Waals surface area (Å²) in [6.45, 7) is 12.0. The summed E-state index contributed by atoms with van der Waals surface area (Å²) in [4.78, 5) is 21.9. The molecule has 0 heterocycles. The second kappa shape index (κ2) is 27.6. The lowest BCUT2D eigenvalue weighted by Crippen LogP contribution is -2.15. The first-order chi connectivity index (χ1) is 16.7. The standard InChI is InChI=1S/C23H42O11/c1-3-5-23(25)34-21-19-32-17-15-30-13-11-28-9-7-26-6-8-27-10-12-29-14-16-31-18-20-33-22(24)4-2/h4H,2-3,5-21H2,1H3. The second-order valence-electron chi connectivity index (χ2n) is 6.63. The Bertz CT molecular complexity index is 474. The number of carbonyl (C=O) groups is 2.